The van der Waals surface area contributed by atoms with Gasteiger partial charge in [-0.05, 0) is 31.5 Å². The van der Waals surface area contributed by atoms with E-state index in [0.29, 0.717) is 17.1 Å². The molecule has 0 atom stereocenters. The lowest BCUT2D eigenvalue weighted by molar-refractivity contribution is -0.120. The van der Waals surface area contributed by atoms with Gasteiger partial charge < -0.3 is 9.88 Å². The highest BCUT2D eigenvalue weighted by atomic mass is 16.2. The smallest absolute Gasteiger partial charge is 0.254 e. The van der Waals surface area contributed by atoms with Crippen LogP contribution in [0.4, 0.5) is 5.69 Å². The molecule has 1 aromatic heterocycles. The van der Waals surface area contributed by atoms with Crippen LogP contribution in [0.2, 0.25) is 0 Å². The molecule has 1 amide bonds. The number of nitrogens with zero attached hydrogens (tertiary/aromatic N) is 3. The third kappa shape index (κ3) is 4.52. The second-order valence-electron chi connectivity index (χ2n) is 5.67. The number of anilines is 1. The van der Waals surface area contributed by atoms with Crippen molar-refractivity contribution in [1.29, 1.82) is 0 Å². The monoisotopic (exact) mass is 327 g/mol. The van der Waals surface area contributed by atoms with Crippen molar-refractivity contribution in [3.8, 4) is 0 Å². The number of hydrazone groups is 1. The minimum absolute atomic E-state index is 0.0641. The molecule has 0 spiro atoms. The first kappa shape index (κ1) is 17.4. The lowest BCUT2D eigenvalue weighted by Gasteiger charge is -2.11. The van der Waals surface area contributed by atoms with Gasteiger partial charge in [0, 0.05) is 31.0 Å². The lowest BCUT2D eigenvalue weighted by atomic mass is 10.1. The molecule has 0 bridgehead atoms. The minimum atomic E-state index is -0.365. The van der Waals surface area contributed by atoms with Crippen LogP contribution in [0.15, 0.2) is 34.2 Å². The maximum atomic E-state index is 11.9. The van der Waals surface area contributed by atoms with Crippen LogP contribution in [-0.2, 0) is 11.2 Å². The molecule has 7 nitrogen and oxygen atoms in total. The molecule has 0 aliphatic rings. The Kier molecular flexibility index (Phi) is 5.47. The summed E-state index contributed by atoms with van der Waals surface area (Å²) in [5.41, 5.74) is 4.98. The Morgan fingerprint density at radius 1 is 1.29 bits per heavy atom. The molecule has 2 aromatic rings. The van der Waals surface area contributed by atoms with Gasteiger partial charge in [-0.1, -0.05) is 12.1 Å². The second-order valence-corrected chi connectivity index (χ2v) is 5.67. The second kappa shape index (κ2) is 7.54. The van der Waals surface area contributed by atoms with Crippen LogP contribution >= 0.6 is 0 Å². The highest BCUT2D eigenvalue weighted by Crippen LogP contribution is 2.10. The van der Waals surface area contributed by atoms with E-state index in [4.69, 9.17) is 0 Å². The number of hydrogen-bond acceptors (Lipinski definition) is 5. The number of hydrogen-bond donors (Lipinski definition) is 2. The molecule has 0 unspecified atom stereocenters. The topological polar surface area (TPSA) is 90.4 Å². The van der Waals surface area contributed by atoms with E-state index in [1.165, 1.54) is 0 Å². The van der Waals surface area contributed by atoms with Crippen LogP contribution in [-0.4, -0.2) is 36.2 Å². The fraction of sp³-hybridized carbons (Fsp3) is 0.294. The maximum absolute atomic E-state index is 11.9. The maximum Gasteiger partial charge on any atom is 0.254 e. The van der Waals surface area contributed by atoms with E-state index in [1.807, 2.05) is 43.3 Å². The zero-order valence-corrected chi connectivity index (χ0v) is 14.3. The predicted molar refractivity (Wildman–Crippen MR) is 94.5 cm³/mol. The van der Waals surface area contributed by atoms with Gasteiger partial charge in [-0.3, -0.25) is 9.59 Å². The highest BCUT2D eigenvalue weighted by molar-refractivity contribution is 5.83. The van der Waals surface area contributed by atoms with E-state index in [2.05, 4.69) is 20.5 Å². The Bertz CT molecular complexity index is 807. The Labute approximate surface area is 140 Å². The first-order valence-corrected chi connectivity index (χ1v) is 7.52. The van der Waals surface area contributed by atoms with Gasteiger partial charge in [0.15, 0.2) is 0 Å². The molecule has 2 N–H and O–H groups in total. The number of aryl methyl sites for hydroxylation is 2. The molecule has 1 aromatic carbocycles. The van der Waals surface area contributed by atoms with E-state index >= 15 is 0 Å². The predicted octanol–water partition coefficient (Wildman–Crippen LogP) is 1.15. The molecule has 0 aliphatic carbocycles. The number of benzene rings is 1. The van der Waals surface area contributed by atoms with Crippen molar-refractivity contribution >= 4 is 17.8 Å². The average molecular weight is 327 g/mol. The Morgan fingerprint density at radius 3 is 2.54 bits per heavy atom. The number of carbonyl (C=O) groups is 1. The van der Waals surface area contributed by atoms with Crippen molar-refractivity contribution in [2.45, 2.75) is 20.3 Å². The van der Waals surface area contributed by atoms with Crippen molar-refractivity contribution < 1.29 is 4.79 Å². The normalized spacial score (nSPS) is 10.8. The number of aromatic nitrogens is 2. The van der Waals surface area contributed by atoms with Gasteiger partial charge in [-0.15, -0.1) is 0 Å². The summed E-state index contributed by atoms with van der Waals surface area (Å²) in [7, 11) is 3.93. The quantitative estimate of drug-likeness (QED) is 0.636. The van der Waals surface area contributed by atoms with Crippen LogP contribution in [0.3, 0.4) is 0 Å². The largest absolute Gasteiger partial charge is 0.378 e. The third-order valence-corrected chi connectivity index (χ3v) is 3.49. The Balaban J connectivity index is 1.97. The van der Waals surface area contributed by atoms with Gasteiger partial charge in [0.25, 0.3) is 5.56 Å². The Morgan fingerprint density at radius 2 is 1.96 bits per heavy atom. The molecular formula is C17H21N5O2. The molecule has 2 rings (SSSR count). The summed E-state index contributed by atoms with van der Waals surface area (Å²) in [4.78, 5) is 32.5. The molecule has 24 heavy (non-hydrogen) atoms. The Hall–Kier alpha value is -2.96. The van der Waals surface area contributed by atoms with Crippen molar-refractivity contribution in [2.75, 3.05) is 19.0 Å². The zero-order valence-electron chi connectivity index (χ0n) is 14.3. The fourth-order valence-electron chi connectivity index (χ4n) is 2.20. The summed E-state index contributed by atoms with van der Waals surface area (Å²) in [5, 5.41) is 3.92. The van der Waals surface area contributed by atoms with Gasteiger partial charge in [0.05, 0.1) is 12.6 Å². The number of carbonyl (C=O) groups excluding carboxylic acids is 1. The summed E-state index contributed by atoms with van der Waals surface area (Å²) >= 11 is 0. The molecule has 0 fully saturated rings. The van der Waals surface area contributed by atoms with E-state index in [-0.39, 0.29) is 17.9 Å². The number of H-pyrrole nitrogens is 1. The van der Waals surface area contributed by atoms with E-state index in [9.17, 15) is 9.59 Å². The number of aromatic amines is 1. The average Bonchev–Trinajstić information content (AvgIpc) is 2.51. The van der Waals surface area contributed by atoms with Crippen molar-refractivity contribution in [1.82, 2.24) is 15.4 Å². The van der Waals surface area contributed by atoms with Crippen LogP contribution in [0.5, 0.6) is 0 Å². The summed E-state index contributed by atoms with van der Waals surface area (Å²) < 4.78 is 0. The first-order chi connectivity index (χ1) is 11.4. The molecule has 126 valence electrons. The third-order valence-electron chi connectivity index (χ3n) is 3.49. The molecule has 0 aliphatic heterocycles. The molecular weight excluding hydrogens is 306 g/mol. The van der Waals surface area contributed by atoms with E-state index < -0.39 is 0 Å². The highest BCUT2D eigenvalue weighted by Gasteiger charge is 2.11. The standard InChI is InChI=1S/C17H21N5O2/c1-11-15(17(24)20-12(2)19-11)9-16(23)21-18-10-13-5-7-14(8-6-13)22(3)4/h5-8,10H,9H2,1-4H3,(H,21,23)(H,19,20,24)/b18-10+. The number of nitrogens with one attached hydrogen (secondary N) is 2. The number of rotatable bonds is 5. The van der Waals surface area contributed by atoms with Crippen molar-refractivity contribution in [3.63, 3.8) is 0 Å². The van der Waals surface area contributed by atoms with Crippen LogP contribution in [0.1, 0.15) is 22.6 Å². The summed E-state index contributed by atoms with van der Waals surface area (Å²) in [6, 6.07) is 7.74. The van der Waals surface area contributed by atoms with Gasteiger partial charge in [-0.25, -0.2) is 10.4 Å². The summed E-state index contributed by atoms with van der Waals surface area (Å²) in [6.45, 7) is 3.41. The number of amides is 1. The lowest BCUT2D eigenvalue weighted by Crippen LogP contribution is -2.26. The molecule has 7 heteroatoms. The van der Waals surface area contributed by atoms with Gasteiger partial charge in [0.2, 0.25) is 5.91 Å². The van der Waals surface area contributed by atoms with Crippen LogP contribution in [0.25, 0.3) is 0 Å². The fourth-order valence-corrected chi connectivity index (χ4v) is 2.20. The minimum Gasteiger partial charge on any atom is -0.378 e. The van der Waals surface area contributed by atoms with Crippen LogP contribution in [0, 0.1) is 13.8 Å². The molecule has 1 heterocycles. The van der Waals surface area contributed by atoms with Crippen molar-refractivity contribution in [2.24, 2.45) is 5.10 Å². The SMILES string of the molecule is Cc1nc(C)c(CC(=O)N/N=C/c2ccc(N(C)C)cc2)c(=O)[nH]1. The molecule has 0 saturated carbocycles. The first-order valence-electron chi connectivity index (χ1n) is 7.52. The van der Waals surface area contributed by atoms with Crippen LogP contribution < -0.4 is 15.9 Å². The van der Waals surface area contributed by atoms with Gasteiger partial charge in [0.1, 0.15) is 5.82 Å². The molecule has 0 radical (unpaired) electrons. The molecule has 0 saturated heterocycles. The van der Waals surface area contributed by atoms with Crippen molar-refractivity contribution in [3.05, 3.63) is 57.3 Å². The van der Waals surface area contributed by atoms with E-state index in [0.717, 1.165) is 11.3 Å². The summed E-state index contributed by atoms with van der Waals surface area (Å²) in [5.74, 6) is 0.163. The van der Waals surface area contributed by atoms with Gasteiger partial charge in [-0.2, -0.15) is 5.10 Å². The van der Waals surface area contributed by atoms with Gasteiger partial charge >= 0.3 is 0 Å². The van der Waals surface area contributed by atoms with E-state index in [1.54, 1.807) is 20.1 Å². The summed E-state index contributed by atoms with van der Waals surface area (Å²) in [6.07, 6.45) is 1.49. The zero-order chi connectivity index (χ0) is 17.7.